The Morgan fingerprint density at radius 3 is 2.74 bits per heavy atom. The molecule has 0 aromatic carbocycles. The standard InChI is InChI=1S/C13H26N2O3S/c1-11(10-15-5-7-17-8-6-15)18-13(16)12(14-2)4-9-19-3/h11-12,14H,4-10H2,1-3H3/t11?,12-/m0/s1. The van der Waals surface area contributed by atoms with Crippen LogP contribution in [0.4, 0.5) is 0 Å². The van der Waals surface area contributed by atoms with Gasteiger partial charge in [0, 0.05) is 19.6 Å². The van der Waals surface area contributed by atoms with Crippen LogP contribution in [-0.4, -0.2) is 74.9 Å². The number of nitrogens with zero attached hydrogens (tertiary/aromatic N) is 1. The molecule has 0 aromatic rings. The normalized spacial score (nSPS) is 19.9. The Balaban J connectivity index is 2.28. The summed E-state index contributed by atoms with van der Waals surface area (Å²) in [5.74, 6) is 0.815. The van der Waals surface area contributed by atoms with Crippen LogP contribution in [0.5, 0.6) is 0 Å². The zero-order valence-electron chi connectivity index (χ0n) is 12.2. The minimum Gasteiger partial charge on any atom is -0.460 e. The van der Waals surface area contributed by atoms with Gasteiger partial charge in [0.25, 0.3) is 0 Å². The van der Waals surface area contributed by atoms with E-state index in [0.29, 0.717) is 0 Å². The molecule has 0 bridgehead atoms. The van der Waals surface area contributed by atoms with Crippen molar-refractivity contribution in [2.24, 2.45) is 0 Å². The molecular weight excluding hydrogens is 264 g/mol. The zero-order valence-corrected chi connectivity index (χ0v) is 13.0. The van der Waals surface area contributed by atoms with Crippen molar-refractivity contribution >= 4 is 17.7 Å². The molecule has 1 aliphatic heterocycles. The van der Waals surface area contributed by atoms with E-state index >= 15 is 0 Å². The fourth-order valence-electron chi connectivity index (χ4n) is 2.08. The maximum Gasteiger partial charge on any atom is 0.323 e. The van der Waals surface area contributed by atoms with Gasteiger partial charge in [-0.3, -0.25) is 9.69 Å². The summed E-state index contributed by atoms with van der Waals surface area (Å²) in [5.41, 5.74) is 0. The van der Waals surface area contributed by atoms with E-state index < -0.39 is 0 Å². The van der Waals surface area contributed by atoms with Crippen LogP contribution in [0.15, 0.2) is 0 Å². The highest BCUT2D eigenvalue weighted by Gasteiger charge is 2.21. The molecule has 112 valence electrons. The molecule has 2 atom stereocenters. The van der Waals surface area contributed by atoms with Crippen LogP contribution in [0.2, 0.25) is 0 Å². The average Bonchev–Trinajstić information content (AvgIpc) is 2.40. The zero-order chi connectivity index (χ0) is 14.1. The number of morpholine rings is 1. The second-order valence-electron chi connectivity index (χ2n) is 4.78. The van der Waals surface area contributed by atoms with Crippen molar-refractivity contribution in [1.82, 2.24) is 10.2 Å². The van der Waals surface area contributed by atoms with Crippen LogP contribution >= 0.6 is 11.8 Å². The summed E-state index contributed by atoms with van der Waals surface area (Å²) in [7, 11) is 1.80. The topological polar surface area (TPSA) is 50.8 Å². The minimum absolute atomic E-state index is 0.0734. The van der Waals surface area contributed by atoms with Crippen molar-refractivity contribution in [2.75, 3.05) is 51.9 Å². The smallest absolute Gasteiger partial charge is 0.323 e. The first kappa shape index (κ1) is 16.8. The second kappa shape index (κ2) is 9.58. The molecule has 5 nitrogen and oxygen atoms in total. The molecule has 6 heteroatoms. The van der Waals surface area contributed by atoms with Gasteiger partial charge in [0.1, 0.15) is 12.1 Å². The fourth-order valence-corrected chi connectivity index (χ4v) is 2.55. The Bertz CT molecular complexity index is 260. The number of esters is 1. The molecule has 1 aliphatic rings. The fraction of sp³-hybridized carbons (Fsp3) is 0.923. The SMILES string of the molecule is CN[C@@H](CCSC)C(=O)OC(C)CN1CCOCC1. The number of carbonyl (C=O) groups is 1. The third-order valence-electron chi connectivity index (χ3n) is 3.18. The van der Waals surface area contributed by atoms with E-state index in [1.165, 1.54) is 0 Å². The Kier molecular flexibility index (Phi) is 8.45. The Hall–Kier alpha value is -0.300. The summed E-state index contributed by atoms with van der Waals surface area (Å²) < 4.78 is 10.8. The molecule has 1 heterocycles. The molecule has 0 radical (unpaired) electrons. The summed E-state index contributed by atoms with van der Waals surface area (Å²) in [5, 5.41) is 3.02. The van der Waals surface area contributed by atoms with Crippen LogP contribution < -0.4 is 5.32 Å². The molecule has 0 aromatic heterocycles. The largest absolute Gasteiger partial charge is 0.460 e. The highest BCUT2D eigenvalue weighted by Crippen LogP contribution is 2.06. The first-order chi connectivity index (χ1) is 9.17. The lowest BCUT2D eigenvalue weighted by atomic mass is 10.2. The lowest BCUT2D eigenvalue weighted by Gasteiger charge is -2.29. The Morgan fingerprint density at radius 1 is 1.47 bits per heavy atom. The summed E-state index contributed by atoms with van der Waals surface area (Å²) >= 11 is 1.74. The third-order valence-corrected chi connectivity index (χ3v) is 3.82. The number of hydrogen-bond donors (Lipinski definition) is 1. The molecule has 1 fully saturated rings. The van der Waals surface area contributed by atoms with Gasteiger partial charge in [-0.2, -0.15) is 11.8 Å². The summed E-state index contributed by atoms with van der Waals surface area (Å²) in [4.78, 5) is 14.3. The van der Waals surface area contributed by atoms with Crippen LogP contribution in [-0.2, 0) is 14.3 Å². The lowest BCUT2D eigenvalue weighted by molar-refractivity contribution is -0.152. The van der Waals surface area contributed by atoms with Crippen molar-refractivity contribution in [1.29, 1.82) is 0 Å². The number of rotatable bonds is 8. The van der Waals surface area contributed by atoms with E-state index in [4.69, 9.17) is 9.47 Å². The molecule has 0 aliphatic carbocycles. The van der Waals surface area contributed by atoms with Gasteiger partial charge in [-0.25, -0.2) is 0 Å². The summed E-state index contributed by atoms with van der Waals surface area (Å²) in [6.45, 7) is 6.12. The molecular formula is C13H26N2O3S. The highest BCUT2D eigenvalue weighted by atomic mass is 32.2. The van der Waals surface area contributed by atoms with Gasteiger partial charge < -0.3 is 14.8 Å². The van der Waals surface area contributed by atoms with Gasteiger partial charge in [0.05, 0.1) is 13.2 Å². The molecule has 19 heavy (non-hydrogen) atoms. The van der Waals surface area contributed by atoms with Crippen LogP contribution in [0.1, 0.15) is 13.3 Å². The van der Waals surface area contributed by atoms with Gasteiger partial charge in [-0.1, -0.05) is 0 Å². The number of thioether (sulfide) groups is 1. The Labute approximate surface area is 120 Å². The van der Waals surface area contributed by atoms with Crippen molar-refractivity contribution in [3.63, 3.8) is 0 Å². The van der Waals surface area contributed by atoms with Gasteiger partial charge in [0.15, 0.2) is 0 Å². The third kappa shape index (κ3) is 6.61. The monoisotopic (exact) mass is 290 g/mol. The van der Waals surface area contributed by atoms with E-state index in [0.717, 1.165) is 45.0 Å². The molecule has 0 spiro atoms. The number of nitrogens with one attached hydrogen (secondary N) is 1. The van der Waals surface area contributed by atoms with E-state index in [1.54, 1.807) is 18.8 Å². The van der Waals surface area contributed by atoms with Crippen molar-refractivity contribution in [2.45, 2.75) is 25.5 Å². The first-order valence-corrected chi connectivity index (χ1v) is 8.23. The van der Waals surface area contributed by atoms with Gasteiger partial charge in [-0.15, -0.1) is 0 Å². The van der Waals surface area contributed by atoms with Gasteiger partial charge >= 0.3 is 5.97 Å². The predicted octanol–water partition coefficient (Wildman–Crippen LogP) is 0.591. The quantitative estimate of drug-likeness (QED) is 0.660. The number of hydrogen-bond acceptors (Lipinski definition) is 6. The number of likely N-dealkylation sites (N-methyl/N-ethyl adjacent to an activating group) is 1. The minimum atomic E-state index is -0.195. The first-order valence-electron chi connectivity index (χ1n) is 6.84. The second-order valence-corrected chi connectivity index (χ2v) is 5.77. The number of carbonyl (C=O) groups excluding carboxylic acids is 1. The Morgan fingerprint density at radius 2 is 2.16 bits per heavy atom. The highest BCUT2D eigenvalue weighted by molar-refractivity contribution is 7.98. The average molecular weight is 290 g/mol. The lowest BCUT2D eigenvalue weighted by Crippen LogP contribution is -2.43. The van der Waals surface area contributed by atoms with Crippen molar-refractivity contribution < 1.29 is 14.3 Å². The van der Waals surface area contributed by atoms with E-state index in [-0.39, 0.29) is 18.1 Å². The van der Waals surface area contributed by atoms with Gasteiger partial charge in [-0.05, 0) is 32.4 Å². The summed E-state index contributed by atoms with van der Waals surface area (Å²) in [6.07, 6.45) is 2.77. The van der Waals surface area contributed by atoms with E-state index in [2.05, 4.69) is 10.2 Å². The van der Waals surface area contributed by atoms with Crippen LogP contribution in [0.3, 0.4) is 0 Å². The number of ether oxygens (including phenoxy) is 2. The molecule has 0 amide bonds. The maximum atomic E-state index is 12.0. The van der Waals surface area contributed by atoms with Gasteiger partial charge in [0.2, 0.25) is 0 Å². The van der Waals surface area contributed by atoms with E-state index in [1.807, 2.05) is 13.2 Å². The molecule has 1 rings (SSSR count). The van der Waals surface area contributed by atoms with Crippen molar-refractivity contribution in [3.8, 4) is 0 Å². The predicted molar refractivity (Wildman–Crippen MR) is 78.7 cm³/mol. The molecule has 0 saturated carbocycles. The van der Waals surface area contributed by atoms with Crippen LogP contribution in [0, 0.1) is 0 Å². The van der Waals surface area contributed by atoms with E-state index in [9.17, 15) is 4.79 Å². The van der Waals surface area contributed by atoms with Crippen molar-refractivity contribution in [3.05, 3.63) is 0 Å². The molecule has 1 unspecified atom stereocenters. The van der Waals surface area contributed by atoms with Crippen LogP contribution in [0.25, 0.3) is 0 Å². The maximum absolute atomic E-state index is 12.0. The molecule has 1 saturated heterocycles. The molecule has 1 N–H and O–H groups in total. The summed E-state index contributed by atoms with van der Waals surface area (Å²) in [6, 6.07) is -0.195.